The third-order valence-electron chi connectivity index (χ3n) is 5.54. The number of rotatable bonds is 6. The minimum Gasteiger partial charge on any atom is -0.481 e. The van der Waals surface area contributed by atoms with E-state index in [2.05, 4.69) is 10.3 Å². The summed E-state index contributed by atoms with van der Waals surface area (Å²) in [7, 11) is 1.46. The summed E-state index contributed by atoms with van der Waals surface area (Å²) in [6.45, 7) is 0.247. The molecule has 0 saturated carbocycles. The van der Waals surface area contributed by atoms with Crippen LogP contribution in [0.4, 0.5) is 10.1 Å². The van der Waals surface area contributed by atoms with Crippen LogP contribution in [0.5, 0.6) is 5.88 Å². The Bertz CT molecular complexity index is 1300. The summed E-state index contributed by atoms with van der Waals surface area (Å²) in [4.78, 5) is 30.0. The molecule has 7 nitrogen and oxygen atoms in total. The highest BCUT2D eigenvalue weighted by Gasteiger charge is 2.37. The maximum atomic E-state index is 13.9. The first kappa shape index (κ1) is 23.8. The smallest absolute Gasteiger partial charge is 0.251 e. The van der Waals surface area contributed by atoms with Crippen molar-refractivity contribution in [1.82, 2.24) is 10.3 Å². The lowest BCUT2D eigenvalue weighted by Crippen LogP contribution is -2.42. The van der Waals surface area contributed by atoms with Gasteiger partial charge in [0.15, 0.2) is 5.78 Å². The number of aromatic nitrogens is 1. The standard InChI is InChI=1S/C24H21ClFN3O4S/c1-29-20-6-4-16(24(31)28-13-15-7-8-27-22(11-15)33-2)12-17(20)23(30)21(34(29)32)10-14-3-5-18(25)19(26)9-14/h3-9,11-12,21H,10,13H2,1-2H3,(H,28,31). The fourth-order valence-electron chi connectivity index (χ4n) is 3.70. The summed E-state index contributed by atoms with van der Waals surface area (Å²) in [6.07, 6.45) is 1.66. The van der Waals surface area contributed by atoms with Gasteiger partial charge in [-0.25, -0.2) is 13.6 Å². The molecule has 0 aliphatic carbocycles. The second-order valence-corrected chi connectivity index (χ2v) is 9.78. The van der Waals surface area contributed by atoms with Gasteiger partial charge >= 0.3 is 0 Å². The Morgan fingerprint density at radius 3 is 2.74 bits per heavy atom. The van der Waals surface area contributed by atoms with Crippen molar-refractivity contribution in [2.24, 2.45) is 0 Å². The minimum absolute atomic E-state index is 0.0248. The monoisotopic (exact) mass is 501 g/mol. The van der Waals surface area contributed by atoms with Crippen LogP contribution in [-0.4, -0.2) is 40.3 Å². The number of pyridine rings is 1. The zero-order chi connectivity index (χ0) is 24.4. The molecular weight excluding hydrogens is 481 g/mol. The van der Waals surface area contributed by atoms with Crippen LogP contribution in [0.15, 0.2) is 54.7 Å². The van der Waals surface area contributed by atoms with Gasteiger partial charge in [-0.05, 0) is 53.9 Å². The highest BCUT2D eigenvalue weighted by Crippen LogP contribution is 2.32. The molecule has 10 heteroatoms. The van der Waals surface area contributed by atoms with Gasteiger partial charge in [-0.2, -0.15) is 0 Å². The van der Waals surface area contributed by atoms with Crippen LogP contribution in [0, 0.1) is 5.82 Å². The largest absolute Gasteiger partial charge is 0.481 e. The number of halogens is 2. The summed E-state index contributed by atoms with van der Waals surface area (Å²) in [6, 6.07) is 12.4. The summed E-state index contributed by atoms with van der Waals surface area (Å²) >= 11 is 5.74. The zero-order valence-electron chi connectivity index (χ0n) is 18.4. The molecule has 34 heavy (non-hydrogen) atoms. The summed E-state index contributed by atoms with van der Waals surface area (Å²) in [5.41, 5.74) is 2.37. The van der Waals surface area contributed by atoms with Gasteiger partial charge in [-0.3, -0.25) is 13.9 Å². The van der Waals surface area contributed by atoms with Crippen LogP contribution < -0.4 is 14.4 Å². The first-order chi connectivity index (χ1) is 16.3. The Morgan fingerprint density at radius 1 is 1.21 bits per heavy atom. The maximum absolute atomic E-state index is 13.9. The number of hydrogen-bond donors (Lipinski definition) is 1. The van der Waals surface area contributed by atoms with Crippen molar-refractivity contribution in [1.29, 1.82) is 0 Å². The molecule has 1 amide bonds. The van der Waals surface area contributed by atoms with Crippen LogP contribution in [0.1, 0.15) is 31.8 Å². The average Bonchev–Trinajstić information content (AvgIpc) is 2.85. The molecule has 1 N–H and O–H groups in total. The number of ketones is 1. The molecule has 0 spiro atoms. The molecule has 4 rings (SSSR count). The van der Waals surface area contributed by atoms with Crippen molar-refractivity contribution in [3.05, 3.63) is 87.8 Å². The van der Waals surface area contributed by atoms with E-state index in [-0.39, 0.29) is 29.7 Å². The Morgan fingerprint density at radius 2 is 2.00 bits per heavy atom. The fraction of sp³-hybridized carbons (Fsp3) is 0.208. The molecular formula is C24H21ClFN3O4S. The molecule has 2 heterocycles. The normalized spacial score (nSPS) is 17.3. The topological polar surface area (TPSA) is 88.6 Å². The van der Waals surface area contributed by atoms with E-state index in [1.165, 1.54) is 29.6 Å². The number of Topliss-reactive ketones (excluding diaryl/α,β-unsaturated/α-hetero) is 1. The van der Waals surface area contributed by atoms with Crippen molar-refractivity contribution in [3.63, 3.8) is 0 Å². The highest BCUT2D eigenvalue weighted by atomic mass is 35.5. The number of anilines is 1. The van der Waals surface area contributed by atoms with E-state index < -0.39 is 22.1 Å². The van der Waals surface area contributed by atoms with E-state index in [0.29, 0.717) is 28.3 Å². The van der Waals surface area contributed by atoms with E-state index in [1.54, 1.807) is 43.6 Å². The van der Waals surface area contributed by atoms with Crippen LogP contribution in [0.25, 0.3) is 0 Å². The molecule has 0 radical (unpaired) electrons. The second-order valence-electron chi connectivity index (χ2n) is 7.70. The molecule has 2 unspecified atom stereocenters. The van der Waals surface area contributed by atoms with Gasteiger partial charge in [0, 0.05) is 37.0 Å². The van der Waals surface area contributed by atoms with Crippen molar-refractivity contribution < 1.29 is 22.9 Å². The molecule has 2 aromatic carbocycles. The van der Waals surface area contributed by atoms with Crippen molar-refractivity contribution in [2.75, 3.05) is 18.5 Å². The molecule has 0 fully saturated rings. The van der Waals surface area contributed by atoms with Gasteiger partial charge in [0.1, 0.15) is 22.1 Å². The van der Waals surface area contributed by atoms with E-state index >= 15 is 0 Å². The Hall–Kier alpha value is -3.30. The molecule has 3 aromatic rings. The third kappa shape index (κ3) is 4.80. The maximum Gasteiger partial charge on any atom is 0.251 e. The van der Waals surface area contributed by atoms with Crippen molar-refractivity contribution in [3.8, 4) is 5.88 Å². The van der Waals surface area contributed by atoms with Crippen LogP contribution in [0.2, 0.25) is 5.02 Å². The second kappa shape index (κ2) is 9.90. The van der Waals surface area contributed by atoms with Gasteiger partial charge < -0.3 is 10.1 Å². The lowest BCUT2D eigenvalue weighted by Gasteiger charge is -2.31. The number of ether oxygens (including phenoxy) is 1. The van der Waals surface area contributed by atoms with Crippen LogP contribution in [-0.2, 0) is 24.0 Å². The number of amides is 1. The van der Waals surface area contributed by atoms with Gasteiger partial charge in [0.25, 0.3) is 5.91 Å². The molecule has 2 atom stereocenters. The van der Waals surface area contributed by atoms with E-state index in [1.807, 2.05) is 0 Å². The number of nitrogens with zero attached hydrogens (tertiary/aromatic N) is 2. The number of benzene rings is 2. The SMILES string of the molecule is COc1cc(CNC(=O)c2ccc3c(c2)C(=O)C(Cc2ccc(Cl)c(F)c2)S(=O)N3C)ccn1. The number of fused-ring (bicyclic) bond motifs is 1. The average molecular weight is 502 g/mol. The van der Waals surface area contributed by atoms with Crippen LogP contribution >= 0.6 is 11.6 Å². The first-order valence-electron chi connectivity index (χ1n) is 10.3. The summed E-state index contributed by atoms with van der Waals surface area (Å²) in [5.74, 6) is -0.895. The fourth-order valence-corrected chi connectivity index (χ4v) is 5.20. The van der Waals surface area contributed by atoms with Crippen molar-refractivity contribution in [2.45, 2.75) is 18.2 Å². The molecule has 1 aliphatic heterocycles. The lowest BCUT2D eigenvalue weighted by atomic mass is 9.98. The predicted octanol–water partition coefficient (Wildman–Crippen LogP) is 3.72. The summed E-state index contributed by atoms with van der Waals surface area (Å²) in [5, 5.41) is 1.87. The molecule has 0 bridgehead atoms. The zero-order valence-corrected chi connectivity index (χ0v) is 20.0. The van der Waals surface area contributed by atoms with Gasteiger partial charge in [-0.1, -0.05) is 17.7 Å². The molecule has 176 valence electrons. The molecule has 1 aromatic heterocycles. The number of hydrogen-bond acceptors (Lipinski definition) is 5. The molecule has 0 saturated heterocycles. The Kier molecular flexibility index (Phi) is 6.95. The molecule has 1 aliphatic rings. The Labute approximate surface area is 203 Å². The van der Waals surface area contributed by atoms with E-state index in [9.17, 15) is 18.2 Å². The number of carbonyl (C=O) groups is 2. The Balaban J connectivity index is 1.55. The number of carbonyl (C=O) groups excluding carboxylic acids is 2. The van der Waals surface area contributed by atoms with Crippen molar-refractivity contribution >= 4 is 40.0 Å². The van der Waals surface area contributed by atoms with E-state index in [4.69, 9.17) is 16.3 Å². The number of nitrogens with one attached hydrogen (secondary N) is 1. The minimum atomic E-state index is -1.67. The van der Waals surface area contributed by atoms with Crippen LogP contribution in [0.3, 0.4) is 0 Å². The highest BCUT2D eigenvalue weighted by molar-refractivity contribution is 7.88. The van der Waals surface area contributed by atoms with Gasteiger partial charge in [-0.15, -0.1) is 0 Å². The predicted molar refractivity (Wildman–Crippen MR) is 128 cm³/mol. The summed E-state index contributed by atoms with van der Waals surface area (Å²) < 4.78 is 33.4. The first-order valence-corrected chi connectivity index (χ1v) is 11.9. The number of methoxy groups -OCH3 is 1. The lowest BCUT2D eigenvalue weighted by molar-refractivity contribution is 0.0951. The quantitative estimate of drug-likeness (QED) is 0.556. The van der Waals surface area contributed by atoms with E-state index in [0.717, 1.165) is 5.56 Å². The van der Waals surface area contributed by atoms with Gasteiger partial charge in [0.2, 0.25) is 5.88 Å². The third-order valence-corrected chi connectivity index (χ3v) is 7.45. The van der Waals surface area contributed by atoms with Gasteiger partial charge in [0.05, 0.1) is 17.8 Å².